The SMILES string of the molecule is COc1ccc(NC(N)=NCc2ccc3c(c2)OCO3)cc1.I. The third-order valence-electron chi connectivity index (χ3n) is 3.23. The molecule has 1 aliphatic heterocycles. The molecule has 23 heavy (non-hydrogen) atoms. The predicted molar refractivity (Wildman–Crippen MR) is 99.9 cm³/mol. The summed E-state index contributed by atoms with van der Waals surface area (Å²) in [5.74, 6) is 2.65. The van der Waals surface area contributed by atoms with Crippen LogP contribution in [0.3, 0.4) is 0 Å². The number of benzene rings is 2. The number of nitrogens with one attached hydrogen (secondary N) is 1. The molecule has 0 bridgehead atoms. The van der Waals surface area contributed by atoms with Gasteiger partial charge in [-0.05, 0) is 42.0 Å². The highest BCUT2D eigenvalue weighted by Crippen LogP contribution is 2.32. The van der Waals surface area contributed by atoms with Crippen LogP contribution in [0.25, 0.3) is 0 Å². The molecule has 0 fully saturated rings. The molecule has 0 saturated heterocycles. The summed E-state index contributed by atoms with van der Waals surface area (Å²) in [6.07, 6.45) is 0. The second-order valence-corrected chi connectivity index (χ2v) is 4.74. The molecule has 0 spiro atoms. The number of hydrogen-bond acceptors (Lipinski definition) is 4. The highest BCUT2D eigenvalue weighted by molar-refractivity contribution is 14.0. The zero-order chi connectivity index (χ0) is 15.4. The molecule has 1 aliphatic rings. The van der Waals surface area contributed by atoms with Crippen molar-refractivity contribution in [3.05, 3.63) is 48.0 Å². The molecule has 2 aromatic rings. The number of halogens is 1. The first-order valence-electron chi connectivity index (χ1n) is 6.84. The lowest BCUT2D eigenvalue weighted by Gasteiger charge is -2.07. The Balaban J connectivity index is 0.00000192. The van der Waals surface area contributed by atoms with Gasteiger partial charge in [0.1, 0.15) is 5.75 Å². The van der Waals surface area contributed by atoms with Crippen LogP contribution in [0.15, 0.2) is 47.5 Å². The Morgan fingerprint density at radius 2 is 1.91 bits per heavy atom. The van der Waals surface area contributed by atoms with Crippen LogP contribution >= 0.6 is 24.0 Å². The highest BCUT2D eigenvalue weighted by Gasteiger charge is 2.12. The largest absolute Gasteiger partial charge is 0.497 e. The van der Waals surface area contributed by atoms with Gasteiger partial charge in [0.15, 0.2) is 17.5 Å². The Labute approximate surface area is 151 Å². The number of hydrogen-bond donors (Lipinski definition) is 2. The summed E-state index contributed by atoms with van der Waals surface area (Å²) >= 11 is 0. The topological polar surface area (TPSA) is 78.1 Å². The van der Waals surface area contributed by atoms with E-state index in [4.69, 9.17) is 19.9 Å². The van der Waals surface area contributed by atoms with E-state index in [1.54, 1.807) is 7.11 Å². The molecule has 0 aliphatic carbocycles. The molecule has 122 valence electrons. The van der Waals surface area contributed by atoms with Gasteiger partial charge in [0.2, 0.25) is 6.79 Å². The monoisotopic (exact) mass is 427 g/mol. The van der Waals surface area contributed by atoms with E-state index in [9.17, 15) is 0 Å². The maximum absolute atomic E-state index is 5.89. The lowest BCUT2D eigenvalue weighted by molar-refractivity contribution is 0.174. The van der Waals surface area contributed by atoms with E-state index < -0.39 is 0 Å². The first-order chi connectivity index (χ1) is 10.7. The summed E-state index contributed by atoms with van der Waals surface area (Å²) in [6.45, 7) is 0.731. The second-order valence-electron chi connectivity index (χ2n) is 4.74. The van der Waals surface area contributed by atoms with Crippen LogP contribution in [0.2, 0.25) is 0 Å². The van der Waals surface area contributed by atoms with Gasteiger partial charge in [0.05, 0.1) is 13.7 Å². The molecular weight excluding hydrogens is 409 g/mol. The quantitative estimate of drug-likeness (QED) is 0.446. The smallest absolute Gasteiger partial charge is 0.231 e. The third kappa shape index (κ3) is 4.41. The number of fused-ring (bicyclic) bond motifs is 1. The van der Waals surface area contributed by atoms with Crippen LogP contribution in [0.4, 0.5) is 5.69 Å². The number of aliphatic imine (C=N–C) groups is 1. The zero-order valence-electron chi connectivity index (χ0n) is 12.6. The Bertz CT molecular complexity index is 689. The normalized spacial score (nSPS) is 12.5. The Kier molecular flexibility index (Phi) is 5.91. The molecule has 0 saturated carbocycles. The van der Waals surface area contributed by atoms with Gasteiger partial charge in [0.25, 0.3) is 0 Å². The standard InChI is InChI=1S/C16H17N3O3.HI/c1-20-13-5-3-12(4-6-13)19-16(17)18-9-11-2-7-14-15(8-11)22-10-21-14;/h2-8H,9-10H2,1H3,(H3,17,18,19);1H. The molecule has 0 amide bonds. The maximum atomic E-state index is 5.89. The number of ether oxygens (including phenoxy) is 3. The van der Waals surface area contributed by atoms with Gasteiger partial charge in [-0.1, -0.05) is 6.07 Å². The average Bonchev–Trinajstić information content (AvgIpc) is 3.01. The lowest BCUT2D eigenvalue weighted by Crippen LogP contribution is -2.22. The van der Waals surface area contributed by atoms with E-state index in [-0.39, 0.29) is 30.8 Å². The number of anilines is 1. The van der Waals surface area contributed by atoms with E-state index in [0.717, 1.165) is 28.5 Å². The predicted octanol–water partition coefficient (Wildman–Crippen LogP) is 2.97. The van der Waals surface area contributed by atoms with E-state index in [1.165, 1.54) is 0 Å². The van der Waals surface area contributed by atoms with Gasteiger partial charge in [-0.25, -0.2) is 4.99 Å². The Hall–Kier alpha value is -2.16. The number of nitrogens with two attached hydrogens (primary N) is 1. The van der Waals surface area contributed by atoms with Gasteiger partial charge in [-0.15, -0.1) is 24.0 Å². The van der Waals surface area contributed by atoms with Crippen molar-refractivity contribution in [3.63, 3.8) is 0 Å². The molecule has 3 rings (SSSR count). The number of methoxy groups -OCH3 is 1. The van der Waals surface area contributed by atoms with Crippen molar-refractivity contribution in [2.75, 3.05) is 19.2 Å². The van der Waals surface area contributed by atoms with E-state index in [2.05, 4.69) is 10.3 Å². The fourth-order valence-electron chi connectivity index (χ4n) is 2.08. The van der Waals surface area contributed by atoms with Crippen molar-refractivity contribution in [1.82, 2.24) is 0 Å². The number of nitrogens with zero attached hydrogens (tertiary/aromatic N) is 1. The van der Waals surface area contributed by atoms with Gasteiger partial charge in [0, 0.05) is 5.69 Å². The number of rotatable bonds is 4. The van der Waals surface area contributed by atoms with Crippen molar-refractivity contribution in [2.45, 2.75) is 6.54 Å². The van der Waals surface area contributed by atoms with E-state index in [0.29, 0.717) is 12.5 Å². The average molecular weight is 427 g/mol. The van der Waals surface area contributed by atoms with Crippen LogP contribution in [-0.4, -0.2) is 19.9 Å². The summed E-state index contributed by atoms with van der Waals surface area (Å²) in [5, 5.41) is 3.03. The van der Waals surface area contributed by atoms with Crippen LogP contribution in [0.1, 0.15) is 5.56 Å². The summed E-state index contributed by atoms with van der Waals surface area (Å²) in [5.41, 5.74) is 7.75. The Morgan fingerprint density at radius 1 is 1.17 bits per heavy atom. The first-order valence-corrected chi connectivity index (χ1v) is 6.84. The molecule has 3 N–H and O–H groups in total. The molecule has 1 heterocycles. The van der Waals surface area contributed by atoms with E-state index in [1.807, 2.05) is 42.5 Å². The minimum absolute atomic E-state index is 0. The summed E-state index contributed by atoms with van der Waals surface area (Å²) in [4.78, 5) is 4.31. The molecule has 0 radical (unpaired) electrons. The van der Waals surface area contributed by atoms with Crippen molar-refractivity contribution in [1.29, 1.82) is 0 Å². The minimum atomic E-state index is 0. The summed E-state index contributed by atoms with van der Waals surface area (Å²) in [6, 6.07) is 13.2. The second kappa shape index (κ2) is 7.91. The summed E-state index contributed by atoms with van der Waals surface area (Å²) < 4.78 is 15.7. The lowest BCUT2D eigenvalue weighted by atomic mass is 10.2. The van der Waals surface area contributed by atoms with Crippen molar-refractivity contribution in [2.24, 2.45) is 10.7 Å². The molecule has 0 unspecified atom stereocenters. The molecule has 6 nitrogen and oxygen atoms in total. The van der Waals surface area contributed by atoms with Crippen molar-refractivity contribution >= 4 is 35.6 Å². The molecular formula is C16H18IN3O3. The van der Waals surface area contributed by atoms with Gasteiger partial charge < -0.3 is 25.3 Å². The highest BCUT2D eigenvalue weighted by atomic mass is 127. The fraction of sp³-hybridized carbons (Fsp3) is 0.188. The molecule has 2 aromatic carbocycles. The third-order valence-corrected chi connectivity index (χ3v) is 3.23. The van der Waals surface area contributed by atoms with Gasteiger partial charge in [-0.3, -0.25) is 0 Å². The van der Waals surface area contributed by atoms with E-state index >= 15 is 0 Å². The molecule has 0 atom stereocenters. The number of guanidine groups is 1. The maximum Gasteiger partial charge on any atom is 0.231 e. The van der Waals surface area contributed by atoms with Crippen molar-refractivity contribution < 1.29 is 14.2 Å². The first kappa shape index (κ1) is 17.2. The van der Waals surface area contributed by atoms with Gasteiger partial charge in [-0.2, -0.15) is 0 Å². The Morgan fingerprint density at radius 3 is 2.65 bits per heavy atom. The van der Waals surface area contributed by atoms with Crippen molar-refractivity contribution in [3.8, 4) is 17.2 Å². The molecule has 0 aromatic heterocycles. The minimum Gasteiger partial charge on any atom is -0.497 e. The van der Waals surface area contributed by atoms with Crippen LogP contribution in [-0.2, 0) is 6.54 Å². The molecule has 7 heteroatoms. The van der Waals surface area contributed by atoms with Gasteiger partial charge >= 0.3 is 0 Å². The van der Waals surface area contributed by atoms with Crippen LogP contribution in [0, 0.1) is 0 Å². The van der Waals surface area contributed by atoms with Crippen LogP contribution < -0.4 is 25.3 Å². The summed E-state index contributed by atoms with van der Waals surface area (Å²) in [7, 11) is 1.63. The van der Waals surface area contributed by atoms with Crippen LogP contribution in [0.5, 0.6) is 17.2 Å². The fourth-order valence-corrected chi connectivity index (χ4v) is 2.08. The zero-order valence-corrected chi connectivity index (χ0v) is 14.9.